The molecule has 0 aromatic carbocycles. The SMILES string of the molecule is COC1CCN(c2[nH]c(=S)ccc2C#N)C1. The van der Waals surface area contributed by atoms with Gasteiger partial charge in [0.2, 0.25) is 0 Å². The number of methoxy groups -OCH3 is 1. The van der Waals surface area contributed by atoms with Crippen LogP contribution in [0.3, 0.4) is 0 Å². The van der Waals surface area contributed by atoms with Crippen molar-refractivity contribution in [1.29, 1.82) is 5.26 Å². The molecule has 1 unspecified atom stereocenters. The summed E-state index contributed by atoms with van der Waals surface area (Å²) in [5.74, 6) is 0.814. The summed E-state index contributed by atoms with van der Waals surface area (Å²) in [5.41, 5.74) is 0.630. The third kappa shape index (κ3) is 2.08. The molecule has 1 atom stereocenters. The summed E-state index contributed by atoms with van der Waals surface area (Å²) in [5, 5.41) is 9.03. The minimum absolute atomic E-state index is 0.244. The van der Waals surface area contributed by atoms with Crippen molar-refractivity contribution >= 4 is 18.0 Å². The lowest BCUT2D eigenvalue weighted by Crippen LogP contribution is -2.24. The minimum atomic E-state index is 0.244. The molecule has 2 rings (SSSR count). The van der Waals surface area contributed by atoms with Gasteiger partial charge in [-0.15, -0.1) is 0 Å². The van der Waals surface area contributed by atoms with E-state index < -0.39 is 0 Å². The number of aromatic nitrogens is 1. The molecule has 0 aliphatic carbocycles. The van der Waals surface area contributed by atoms with Crippen LogP contribution in [0, 0.1) is 16.0 Å². The monoisotopic (exact) mass is 235 g/mol. The van der Waals surface area contributed by atoms with Crippen LogP contribution in [0.2, 0.25) is 0 Å². The first-order chi connectivity index (χ1) is 7.74. The summed E-state index contributed by atoms with van der Waals surface area (Å²) in [4.78, 5) is 5.19. The first-order valence-electron chi connectivity index (χ1n) is 5.15. The highest BCUT2D eigenvalue weighted by Crippen LogP contribution is 2.22. The number of anilines is 1. The molecule has 1 aliphatic rings. The summed E-state index contributed by atoms with van der Waals surface area (Å²) in [6.07, 6.45) is 1.23. The molecule has 1 aromatic rings. The fraction of sp³-hybridized carbons (Fsp3) is 0.455. The first kappa shape index (κ1) is 11.1. The van der Waals surface area contributed by atoms with E-state index in [2.05, 4.69) is 16.0 Å². The van der Waals surface area contributed by atoms with Crippen LogP contribution < -0.4 is 4.90 Å². The van der Waals surface area contributed by atoms with Crippen molar-refractivity contribution in [2.24, 2.45) is 0 Å². The van der Waals surface area contributed by atoms with Crippen LogP contribution in [0.25, 0.3) is 0 Å². The van der Waals surface area contributed by atoms with E-state index in [-0.39, 0.29) is 6.10 Å². The minimum Gasteiger partial charge on any atom is -0.380 e. The van der Waals surface area contributed by atoms with Crippen LogP contribution in [0.5, 0.6) is 0 Å². The Bertz CT molecular complexity index is 477. The molecule has 16 heavy (non-hydrogen) atoms. The van der Waals surface area contributed by atoms with Gasteiger partial charge in [-0.3, -0.25) is 0 Å². The van der Waals surface area contributed by atoms with E-state index in [0.29, 0.717) is 10.2 Å². The number of aromatic amines is 1. The Balaban J connectivity index is 2.30. The van der Waals surface area contributed by atoms with Gasteiger partial charge >= 0.3 is 0 Å². The second-order valence-electron chi connectivity index (χ2n) is 3.79. The van der Waals surface area contributed by atoms with Gasteiger partial charge in [0.1, 0.15) is 16.5 Å². The maximum Gasteiger partial charge on any atom is 0.125 e. The Kier molecular flexibility index (Phi) is 3.22. The van der Waals surface area contributed by atoms with Crippen LogP contribution in [0.4, 0.5) is 5.82 Å². The van der Waals surface area contributed by atoms with Crippen LogP contribution in [0.15, 0.2) is 12.1 Å². The molecule has 84 valence electrons. The van der Waals surface area contributed by atoms with E-state index in [1.807, 2.05) is 0 Å². The zero-order chi connectivity index (χ0) is 11.5. The summed E-state index contributed by atoms with van der Waals surface area (Å²) >= 11 is 5.08. The third-order valence-corrected chi connectivity index (χ3v) is 3.05. The molecular weight excluding hydrogens is 222 g/mol. The number of pyridine rings is 1. The van der Waals surface area contributed by atoms with Crippen LogP contribution in [-0.2, 0) is 4.74 Å². The molecular formula is C11H13N3OS. The van der Waals surface area contributed by atoms with Crippen LogP contribution in [-0.4, -0.2) is 31.3 Å². The van der Waals surface area contributed by atoms with Crippen molar-refractivity contribution in [3.63, 3.8) is 0 Å². The van der Waals surface area contributed by atoms with Gasteiger partial charge in [0.05, 0.1) is 11.7 Å². The highest BCUT2D eigenvalue weighted by molar-refractivity contribution is 7.71. The predicted octanol–water partition coefficient (Wildman–Crippen LogP) is 1.84. The van der Waals surface area contributed by atoms with Crippen molar-refractivity contribution in [3.8, 4) is 6.07 Å². The predicted molar refractivity (Wildman–Crippen MR) is 64.0 cm³/mol. The smallest absolute Gasteiger partial charge is 0.125 e. The zero-order valence-corrected chi connectivity index (χ0v) is 9.88. The molecule has 0 amide bonds. The lowest BCUT2D eigenvalue weighted by molar-refractivity contribution is 0.121. The molecule has 2 heterocycles. The Hall–Kier alpha value is -1.38. The van der Waals surface area contributed by atoms with Crippen molar-refractivity contribution in [2.45, 2.75) is 12.5 Å². The van der Waals surface area contributed by atoms with E-state index in [9.17, 15) is 0 Å². The van der Waals surface area contributed by atoms with E-state index in [1.165, 1.54) is 0 Å². The van der Waals surface area contributed by atoms with Crippen LogP contribution in [0.1, 0.15) is 12.0 Å². The molecule has 4 nitrogen and oxygen atoms in total. The number of rotatable bonds is 2. The molecule has 0 spiro atoms. The topological polar surface area (TPSA) is 52.0 Å². The highest BCUT2D eigenvalue weighted by Gasteiger charge is 2.24. The van der Waals surface area contributed by atoms with E-state index >= 15 is 0 Å². The molecule has 1 aromatic heterocycles. The van der Waals surface area contributed by atoms with Gasteiger partial charge < -0.3 is 14.6 Å². The third-order valence-electron chi connectivity index (χ3n) is 2.81. The number of H-pyrrole nitrogens is 1. The van der Waals surface area contributed by atoms with Gasteiger partial charge in [-0.2, -0.15) is 5.26 Å². The van der Waals surface area contributed by atoms with Gasteiger partial charge in [-0.25, -0.2) is 0 Å². The Morgan fingerprint density at radius 1 is 1.62 bits per heavy atom. The van der Waals surface area contributed by atoms with Crippen molar-refractivity contribution in [3.05, 3.63) is 22.3 Å². The number of hydrogen-bond acceptors (Lipinski definition) is 4. The lowest BCUT2D eigenvalue weighted by Gasteiger charge is -2.19. The maximum atomic E-state index is 9.03. The van der Waals surface area contributed by atoms with Gasteiger partial charge in [-0.05, 0) is 18.6 Å². The fourth-order valence-corrected chi connectivity index (χ4v) is 2.09. The number of nitriles is 1. The summed E-state index contributed by atoms with van der Waals surface area (Å²) in [7, 11) is 1.71. The van der Waals surface area contributed by atoms with E-state index in [4.69, 9.17) is 22.2 Å². The Labute approximate surface area is 99.5 Å². The number of nitrogens with one attached hydrogen (secondary N) is 1. The summed E-state index contributed by atoms with van der Waals surface area (Å²) in [6.45, 7) is 1.70. The maximum absolute atomic E-state index is 9.03. The second kappa shape index (κ2) is 4.64. The standard InChI is InChI=1S/C11H13N3OS/c1-15-9-4-5-14(7-9)11-8(6-12)2-3-10(16)13-11/h2-3,9H,4-5,7H2,1H3,(H,13,16). The largest absolute Gasteiger partial charge is 0.380 e. The Morgan fingerprint density at radius 3 is 3.06 bits per heavy atom. The Morgan fingerprint density at radius 2 is 2.44 bits per heavy atom. The molecule has 1 aliphatic heterocycles. The molecule has 1 N–H and O–H groups in total. The quantitative estimate of drug-likeness (QED) is 0.795. The van der Waals surface area contributed by atoms with Crippen molar-refractivity contribution in [1.82, 2.24) is 4.98 Å². The molecule has 0 radical (unpaired) electrons. The second-order valence-corrected chi connectivity index (χ2v) is 4.23. The van der Waals surface area contributed by atoms with Gasteiger partial charge in [0, 0.05) is 20.2 Å². The summed E-state index contributed by atoms with van der Waals surface area (Å²) in [6, 6.07) is 5.67. The molecule has 0 bridgehead atoms. The normalized spacial score (nSPS) is 19.8. The van der Waals surface area contributed by atoms with Gasteiger partial charge in [-0.1, -0.05) is 12.2 Å². The number of nitrogens with zero attached hydrogens (tertiary/aromatic N) is 2. The van der Waals surface area contributed by atoms with Gasteiger partial charge in [0.25, 0.3) is 0 Å². The molecule has 1 fully saturated rings. The van der Waals surface area contributed by atoms with E-state index in [1.54, 1.807) is 19.2 Å². The highest BCUT2D eigenvalue weighted by atomic mass is 32.1. The summed E-state index contributed by atoms with van der Waals surface area (Å²) < 4.78 is 5.95. The number of hydrogen-bond donors (Lipinski definition) is 1. The molecule has 5 heteroatoms. The average Bonchev–Trinajstić information content (AvgIpc) is 2.77. The first-order valence-corrected chi connectivity index (χ1v) is 5.56. The van der Waals surface area contributed by atoms with Crippen molar-refractivity contribution in [2.75, 3.05) is 25.1 Å². The van der Waals surface area contributed by atoms with Gasteiger partial charge in [0.15, 0.2) is 0 Å². The lowest BCUT2D eigenvalue weighted by atomic mass is 10.2. The average molecular weight is 235 g/mol. The molecule has 1 saturated heterocycles. The van der Waals surface area contributed by atoms with Crippen molar-refractivity contribution < 1.29 is 4.74 Å². The van der Waals surface area contributed by atoms with E-state index in [0.717, 1.165) is 25.3 Å². The zero-order valence-electron chi connectivity index (χ0n) is 9.06. The number of ether oxygens (including phenoxy) is 1. The fourth-order valence-electron chi connectivity index (χ4n) is 1.93. The van der Waals surface area contributed by atoms with Crippen LogP contribution >= 0.6 is 12.2 Å². The molecule has 0 saturated carbocycles.